The number of carbonyl (C=O) groups excluding carboxylic acids is 1. The predicted molar refractivity (Wildman–Crippen MR) is 137 cm³/mol. The second-order valence-electron chi connectivity index (χ2n) is 11.2. The average molecular weight is 484 g/mol. The molecule has 2 heterocycles. The fraction of sp³-hybridized carbons (Fsp3) is 0.643. The molecule has 6 rings (SSSR count). The van der Waals surface area contributed by atoms with Gasteiger partial charge in [0.05, 0.1) is 12.3 Å². The summed E-state index contributed by atoms with van der Waals surface area (Å²) in [6.07, 6.45) is 7.58. The van der Waals surface area contributed by atoms with Gasteiger partial charge in [-0.3, -0.25) is 9.48 Å². The van der Waals surface area contributed by atoms with Crippen LogP contribution >= 0.6 is 11.6 Å². The van der Waals surface area contributed by atoms with E-state index >= 15 is 0 Å². The third kappa shape index (κ3) is 4.25. The van der Waals surface area contributed by atoms with Gasteiger partial charge < -0.3 is 10.1 Å². The van der Waals surface area contributed by atoms with Gasteiger partial charge in [0.15, 0.2) is 5.69 Å². The Morgan fingerprint density at radius 3 is 2.88 bits per heavy atom. The summed E-state index contributed by atoms with van der Waals surface area (Å²) >= 11 is 5.89. The van der Waals surface area contributed by atoms with E-state index in [2.05, 4.69) is 44.3 Å². The van der Waals surface area contributed by atoms with Gasteiger partial charge in [0.1, 0.15) is 5.75 Å². The van der Waals surface area contributed by atoms with Gasteiger partial charge in [0.2, 0.25) is 0 Å². The molecule has 1 N–H and O–H groups in total. The molecule has 3 unspecified atom stereocenters. The molecule has 1 aliphatic heterocycles. The van der Waals surface area contributed by atoms with Crippen molar-refractivity contribution in [3.63, 3.8) is 0 Å². The molecule has 34 heavy (non-hydrogen) atoms. The van der Waals surface area contributed by atoms with Gasteiger partial charge >= 0.3 is 0 Å². The van der Waals surface area contributed by atoms with Crippen LogP contribution < -0.4 is 10.1 Å². The summed E-state index contributed by atoms with van der Waals surface area (Å²) in [5, 5.41) is 8.17. The minimum atomic E-state index is -0.0365. The van der Waals surface area contributed by atoms with Crippen LogP contribution in [0.25, 0.3) is 11.3 Å². The van der Waals surface area contributed by atoms with Crippen molar-refractivity contribution in [1.82, 2.24) is 15.1 Å². The molecule has 3 atom stereocenters. The monoisotopic (exact) mass is 483 g/mol. The highest BCUT2D eigenvalue weighted by atomic mass is 35.5. The van der Waals surface area contributed by atoms with Crippen LogP contribution in [-0.2, 0) is 13.0 Å². The lowest BCUT2D eigenvalue weighted by molar-refractivity contribution is -0.103. The molecule has 1 aromatic carbocycles. The van der Waals surface area contributed by atoms with Gasteiger partial charge in [0.25, 0.3) is 5.91 Å². The number of fused-ring (bicyclic) bond motifs is 5. The van der Waals surface area contributed by atoms with E-state index in [0.29, 0.717) is 35.9 Å². The molecule has 0 saturated heterocycles. The number of aryl methyl sites for hydroxylation is 2. The number of aromatic nitrogens is 2. The molecular weight excluding hydrogens is 446 g/mol. The fourth-order valence-electron chi connectivity index (χ4n) is 6.64. The maximum atomic E-state index is 13.5. The Balaban J connectivity index is 1.40. The van der Waals surface area contributed by atoms with Crippen LogP contribution in [0.4, 0.5) is 0 Å². The average Bonchev–Trinajstić information content (AvgIpc) is 3.07. The van der Waals surface area contributed by atoms with Gasteiger partial charge in [-0.2, -0.15) is 5.10 Å². The SMILES string of the molecule is Cc1ccc2c(c1)OCCc1c(C(=O)NCC3CCC4CC3C4(C)C)nn(CCCCCCl)c1-2. The highest BCUT2D eigenvalue weighted by Crippen LogP contribution is 2.61. The summed E-state index contributed by atoms with van der Waals surface area (Å²) in [4.78, 5) is 13.5. The zero-order valence-electron chi connectivity index (χ0n) is 20.8. The van der Waals surface area contributed by atoms with E-state index in [1.54, 1.807) is 0 Å². The number of hydrogen-bond donors (Lipinski definition) is 1. The van der Waals surface area contributed by atoms with Crippen molar-refractivity contribution >= 4 is 17.5 Å². The number of benzene rings is 1. The van der Waals surface area contributed by atoms with Crippen LogP contribution in [0, 0.1) is 30.1 Å². The first kappa shape index (κ1) is 23.7. The smallest absolute Gasteiger partial charge is 0.272 e. The number of alkyl halides is 1. The summed E-state index contributed by atoms with van der Waals surface area (Å²) in [6, 6.07) is 6.31. The number of amides is 1. The lowest BCUT2D eigenvalue weighted by Gasteiger charge is -2.60. The first-order chi connectivity index (χ1) is 16.4. The molecule has 0 radical (unpaired) electrons. The maximum Gasteiger partial charge on any atom is 0.272 e. The molecule has 184 valence electrons. The number of ether oxygens (including phenoxy) is 1. The Kier molecular flexibility index (Phi) is 6.67. The number of halogens is 1. The predicted octanol–water partition coefficient (Wildman–Crippen LogP) is 6.00. The number of hydrogen-bond acceptors (Lipinski definition) is 3. The summed E-state index contributed by atoms with van der Waals surface area (Å²) in [5.74, 6) is 3.71. The largest absolute Gasteiger partial charge is 0.493 e. The fourth-order valence-corrected chi connectivity index (χ4v) is 6.83. The standard InChI is InChI=1S/C28H38ClN3O2/c1-18-7-10-21-24(15-18)34-14-11-22-25(31-32(26(21)22)13-6-4-5-12-29)27(33)30-17-19-8-9-20-16-23(19)28(20,2)3/h7,10,15,19-20,23H,4-6,8-9,11-14,16-17H2,1-3H3,(H,30,33). The van der Waals surface area contributed by atoms with Crippen molar-refractivity contribution in [1.29, 1.82) is 0 Å². The highest BCUT2D eigenvalue weighted by molar-refractivity contribution is 6.17. The van der Waals surface area contributed by atoms with E-state index in [-0.39, 0.29) is 5.91 Å². The summed E-state index contributed by atoms with van der Waals surface area (Å²) < 4.78 is 8.15. The van der Waals surface area contributed by atoms with E-state index in [1.807, 2.05) is 4.68 Å². The molecule has 3 aliphatic carbocycles. The van der Waals surface area contributed by atoms with Gasteiger partial charge in [-0.1, -0.05) is 26.3 Å². The highest BCUT2D eigenvalue weighted by Gasteiger charge is 2.54. The third-order valence-corrected chi connectivity index (χ3v) is 9.06. The van der Waals surface area contributed by atoms with Gasteiger partial charge in [-0.15, -0.1) is 11.6 Å². The maximum absolute atomic E-state index is 13.5. The zero-order valence-corrected chi connectivity index (χ0v) is 21.6. The van der Waals surface area contributed by atoms with Crippen LogP contribution in [0.2, 0.25) is 0 Å². The summed E-state index contributed by atoms with van der Waals surface area (Å²) in [5.41, 5.74) is 5.27. The van der Waals surface area contributed by atoms with E-state index in [9.17, 15) is 4.79 Å². The van der Waals surface area contributed by atoms with E-state index < -0.39 is 0 Å². The molecule has 5 nitrogen and oxygen atoms in total. The topological polar surface area (TPSA) is 56.1 Å². The molecule has 4 aliphatic rings. The molecule has 3 saturated carbocycles. The van der Waals surface area contributed by atoms with E-state index in [4.69, 9.17) is 21.4 Å². The number of unbranched alkanes of at least 4 members (excludes halogenated alkanes) is 2. The van der Waals surface area contributed by atoms with Crippen molar-refractivity contribution in [3.8, 4) is 17.0 Å². The van der Waals surface area contributed by atoms with Gasteiger partial charge in [0, 0.05) is 36.5 Å². The van der Waals surface area contributed by atoms with Crippen LogP contribution in [-0.4, -0.2) is 34.7 Å². The van der Waals surface area contributed by atoms with Crippen molar-refractivity contribution in [2.24, 2.45) is 23.2 Å². The Labute approximate surface area is 208 Å². The molecule has 6 heteroatoms. The van der Waals surface area contributed by atoms with Crippen LogP contribution in [0.15, 0.2) is 18.2 Å². The van der Waals surface area contributed by atoms with Crippen molar-refractivity contribution in [2.45, 2.75) is 72.3 Å². The summed E-state index contributed by atoms with van der Waals surface area (Å²) in [6.45, 7) is 8.98. The van der Waals surface area contributed by atoms with Gasteiger partial charge in [-0.25, -0.2) is 0 Å². The van der Waals surface area contributed by atoms with Crippen LogP contribution in [0.1, 0.15) is 74.0 Å². The Hall–Kier alpha value is -2.01. The molecule has 2 aromatic rings. The van der Waals surface area contributed by atoms with Crippen molar-refractivity contribution in [3.05, 3.63) is 35.0 Å². The molecular formula is C28H38ClN3O2. The lowest BCUT2D eigenvalue weighted by Crippen LogP contribution is -2.54. The molecule has 1 amide bonds. The zero-order chi connectivity index (χ0) is 23.9. The second-order valence-corrected chi connectivity index (χ2v) is 11.5. The number of nitrogens with zero attached hydrogens (tertiary/aromatic N) is 2. The summed E-state index contributed by atoms with van der Waals surface area (Å²) in [7, 11) is 0. The van der Waals surface area contributed by atoms with E-state index in [1.165, 1.54) is 24.8 Å². The lowest BCUT2D eigenvalue weighted by atomic mass is 9.45. The minimum Gasteiger partial charge on any atom is -0.493 e. The number of nitrogens with one attached hydrogen (secondary N) is 1. The normalized spacial score (nSPS) is 24.3. The van der Waals surface area contributed by atoms with Crippen molar-refractivity contribution < 1.29 is 9.53 Å². The third-order valence-electron chi connectivity index (χ3n) is 8.80. The molecule has 3 fully saturated rings. The minimum absolute atomic E-state index is 0.0365. The number of rotatable bonds is 8. The van der Waals surface area contributed by atoms with E-state index in [0.717, 1.165) is 66.8 Å². The Bertz CT molecular complexity index is 1060. The molecule has 0 spiro atoms. The molecule has 1 aromatic heterocycles. The quantitative estimate of drug-likeness (QED) is 0.369. The van der Waals surface area contributed by atoms with Gasteiger partial charge in [-0.05, 0) is 79.9 Å². The first-order valence-electron chi connectivity index (χ1n) is 13.1. The van der Waals surface area contributed by atoms with Crippen LogP contribution in [0.3, 0.4) is 0 Å². The number of carbonyl (C=O) groups is 1. The van der Waals surface area contributed by atoms with Crippen LogP contribution in [0.5, 0.6) is 5.75 Å². The molecule has 2 bridgehead atoms. The first-order valence-corrected chi connectivity index (χ1v) is 13.6. The second kappa shape index (κ2) is 9.56. The Morgan fingerprint density at radius 2 is 2.12 bits per heavy atom. The van der Waals surface area contributed by atoms with Crippen molar-refractivity contribution in [2.75, 3.05) is 19.0 Å². The Morgan fingerprint density at radius 1 is 1.26 bits per heavy atom.